The van der Waals surface area contributed by atoms with Gasteiger partial charge in [0.15, 0.2) is 0 Å². The highest BCUT2D eigenvalue weighted by molar-refractivity contribution is 5.78. The van der Waals surface area contributed by atoms with Crippen LogP contribution in [0.25, 0.3) is 0 Å². The fraction of sp³-hybridized carbons (Fsp3) is 0.632. The van der Waals surface area contributed by atoms with Crippen molar-refractivity contribution >= 4 is 11.6 Å². The second kappa shape index (κ2) is 9.11. The van der Waals surface area contributed by atoms with Gasteiger partial charge in [-0.05, 0) is 44.7 Å². The molecule has 2 unspecified atom stereocenters. The van der Waals surface area contributed by atoms with Crippen LogP contribution in [0.1, 0.15) is 39.0 Å². The normalized spacial score (nSPS) is 21.0. The number of benzene rings is 1. The molecule has 1 aromatic carbocycles. The third kappa shape index (κ3) is 5.94. The highest BCUT2D eigenvalue weighted by Crippen LogP contribution is 2.39. The molecule has 1 amide bonds. The number of alkyl halides is 3. The van der Waals surface area contributed by atoms with E-state index in [2.05, 4.69) is 17.1 Å². The van der Waals surface area contributed by atoms with Gasteiger partial charge in [0.25, 0.3) is 0 Å². The number of nitrogens with one attached hydrogen (secondary N) is 1. The monoisotopic (exact) mass is 356 g/mol. The molecule has 1 aliphatic rings. The summed E-state index contributed by atoms with van der Waals surface area (Å²) in [6, 6.07) is 10.0. The minimum absolute atomic E-state index is 0.0690. The van der Waals surface area contributed by atoms with Gasteiger partial charge in [-0.2, -0.15) is 13.2 Å². The lowest BCUT2D eigenvalue weighted by atomic mass is 9.80. The highest BCUT2D eigenvalue weighted by Gasteiger charge is 2.43. The van der Waals surface area contributed by atoms with Crippen LogP contribution >= 0.6 is 0 Å². The van der Waals surface area contributed by atoms with E-state index in [1.165, 1.54) is 0 Å². The maximum absolute atomic E-state index is 12.8. The van der Waals surface area contributed by atoms with Gasteiger partial charge in [-0.1, -0.05) is 24.6 Å². The van der Waals surface area contributed by atoms with Crippen molar-refractivity contribution in [3.05, 3.63) is 30.3 Å². The van der Waals surface area contributed by atoms with E-state index < -0.39 is 18.0 Å². The number of carbonyl (C=O) groups is 1. The Morgan fingerprint density at radius 1 is 1.24 bits per heavy atom. The molecule has 0 aliphatic heterocycles. The van der Waals surface area contributed by atoms with Crippen molar-refractivity contribution in [2.45, 2.75) is 45.2 Å². The molecule has 0 heterocycles. The fourth-order valence-electron chi connectivity index (χ4n) is 3.46. The van der Waals surface area contributed by atoms with Gasteiger partial charge >= 0.3 is 6.18 Å². The molecule has 0 spiro atoms. The minimum atomic E-state index is -4.18. The molecule has 1 aliphatic carbocycles. The van der Waals surface area contributed by atoms with Gasteiger partial charge in [0.2, 0.25) is 5.91 Å². The average molecular weight is 356 g/mol. The van der Waals surface area contributed by atoms with Crippen molar-refractivity contribution in [2.75, 3.05) is 24.5 Å². The molecule has 6 heteroatoms. The number of hydrogen-bond acceptors (Lipinski definition) is 2. The number of hydrogen-bond donors (Lipinski definition) is 1. The zero-order valence-corrected chi connectivity index (χ0v) is 14.7. The summed E-state index contributed by atoms with van der Waals surface area (Å²) in [5, 5.41) is 2.82. The molecule has 1 saturated carbocycles. The highest BCUT2D eigenvalue weighted by atomic mass is 19.4. The van der Waals surface area contributed by atoms with Gasteiger partial charge in [-0.3, -0.25) is 4.79 Å². The lowest BCUT2D eigenvalue weighted by molar-refractivity contribution is -0.186. The van der Waals surface area contributed by atoms with Crippen molar-refractivity contribution in [3.8, 4) is 0 Å². The first-order valence-electron chi connectivity index (χ1n) is 9.06. The molecular formula is C19H27F3N2O. The Morgan fingerprint density at radius 2 is 1.96 bits per heavy atom. The van der Waals surface area contributed by atoms with E-state index in [0.29, 0.717) is 19.4 Å². The van der Waals surface area contributed by atoms with Crippen LogP contribution in [0.3, 0.4) is 0 Å². The molecule has 1 aromatic rings. The topological polar surface area (TPSA) is 32.3 Å². The Balaban J connectivity index is 1.73. The van der Waals surface area contributed by atoms with E-state index in [1.807, 2.05) is 30.3 Å². The SMILES string of the molecule is CCN(CCCNC(=O)C1CCCC(C(F)(F)F)C1)c1ccccc1. The predicted molar refractivity (Wildman–Crippen MR) is 93.5 cm³/mol. The van der Waals surface area contributed by atoms with Crippen molar-refractivity contribution in [2.24, 2.45) is 11.8 Å². The molecule has 0 radical (unpaired) electrons. The summed E-state index contributed by atoms with van der Waals surface area (Å²) in [5.41, 5.74) is 1.14. The Labute approximate surface area is 147 Å². The first kappa shape index (κ1) is 19.6. The summed E-state index contributed by atoms with van der Waals surface area (Å²) in [4.78, 5) is 14.4. The van der Waals surface area contributed by atoms with Crippen LogP contribution in [0.15, 0.2) is 30.3 Å². The van der Waals surface area contributed by atoms with Gasteiger partial charge in [-0.25, -0.2) is 0 Å². The second-order valence-corrected chi connectivity index (χ2v) is 6.66. The van der Waals surface area contributed by atoms with E-state index in [0.717, 1.165) is 25.2 Å². The lowest BCUT2D eigenvalue weighted by Gasteiger charge is -2.30. The fourth-order valence-corrected chi connectivity index (χ4v) is 3.46. The van der Waals surface area contributed by atoms with Gasteiger partial charge in [0, 0.05) is 31.2 Å². The Morgan fingerprint density at radius 3 is 2.60 bits per heavy atom. The standard InChI is InChI=1S/C19H27F3N2O/c1-2-24(17-10-4-3-5-11-17)13-7-12-23-18(25)15-8-6-9-16(14-15)19(20,21)22/h3-5,10-11,15-16H,2,6-9,12-14H2,1H3,(H,23,25). The third-order valence-corrected chi connectivity index (χ3v) is 4.92. The largest absolute Gasteiger partial charge is 0.391 e. The predicted octanol–water partition coefficient (Wildman–Crippen LogP) is 4.39. The molecule has 0 saturated heterocycles. The van der Waals surface area contributed by atoms with Gasteiger partial charge < -0.3 is 10.2 Å². The second-order valence-electron chi connectivity index (χ2n) is 6.66. The van der Waals surface area contributed by atoms with Crippen molar-refractivity contribution in [1.82, 2.24) is 5.32 Å². The zero-order valence-electron chi connectivity index (χ0n) is 14.7. The van der Waals surface area contributed by atoms with E-state index in [4.69, 9.17) is 0 Å². The summed E-state index contributed by atoms with van der Waals surface area (Å²) in [6.07, 6.45) is -2.31. The number of nitrogens with zero attached hydrogens (tertiary/aromatic N) is 1. The Kier molecular flexibility index (Phi) is 7.14. The van der Waals surface area contributed by atoms with Crippen LogP contribution in [0, 0.1) is 11.8 Å². The molecular weight excluding hydrogens is 329 g/mol. The van der Waals surface area contributed by atoms with Gasteiger partial charge in [-0.15, -0.1) is 0 Å². The van der Waals surface area contributed by atoms with Crippen molar-refractivity contribution in [1.29, 1.82) is 0 Å². The van der Waals surface area contributed by atoms with Crippen LogP contribution in [0.5, 0.6) is 0 Å². The van der Waals surface area contributed by atoms with Crippen molar-refractivity contribution in [3.63, 3.8) is 0 Å². The van der Waals surface area contributed by atoms with Crippen LogP contribution in [-0.2, 0) is 4.79 Å². The smallest absolute Gasteiger partial charge is 0.372 e. The molecule has 2 rings (SSSR count). The molecule has 0 bridgehead atoms. The quantitative estimate of drug-likeness (QED) is 0.735. The summed E-state index contributed by atoms with van der Waals surface area (Å²) < 4.78 is 38.5. The van der Waals surface area contributed by atoms with Crippen LogP contribution in [-0.4, -0.2) is 31.7 Å². The number of rotatable bonds is 7. The van der Waals surface area contributed by atoms with E-state index in [9.17, 15) is 18.0 Å². The summed E-state index contributed by atoms with van der Waals surface area (Å²) >= 11 is 0. The maximum atomic E-state index is 12.8. The average Bonchev–Trinajstić information content (AvgIpc) is 2.62. The first-order valence-corrected chi connectivity index (χ1v) is 9.06. The molecule has 0 aromatic heterocycles. The molecule has 3 nitrogen and oxygen atoms in total. The van der Waals surface area contributed by atoms with E-state index >= 15 is 0 Å². The van der Waals surface area contributed by atoms with E-state index in [1.54, 1.807) is 0 Å². The van der Waals surface area contributed by atoms with Crippen LogP contribution < -0.4 is 10.2 Å². The molecule has 2 atom stereocenters. The van der Waals surface area contributed by atoms with Gasteiger partial charge in [0.05, 0.1) is 5.92 Å². The summed E-state index contributed by atoms with van der Waals surface area (Å²) in [7, 11) is 0. The van der Waals surface area contributed by atoms with Gasteiger partial charge in [0.1, 0.15) is 0 Å². The maximum Gasteiger partial charge on any atom is 0.391 e. The number of carbonyl (C=O) groups excluding carboxylic acids is 1. The third-order valence-electron chi connectivity index (χ3n) is 4.92. The summed E-state index contributed by atoms with van der Waals surface area (Å²) in [6.45, 7) is 4.24. The Bertz CT molecular complexity index is 533. The molecule has 140 valence electrons. The minimum Gasteiger partial charge on any atom is -0.372 e. The lowest BCUT2D eigenvalue weighted by Crippen LogP contribution is -2.38. The molecule has 25 heavy (non-hydrogen) atoms. The van der Waals surface area contributed by atoms with E-state index in [-0.39, 0.29) is 18.7 Å². The number of amides is 1. The van der Waals surface area contributed by atoms with Crippen molar-refractivity contribution < 1.29 is 18.0 Å². The molecule has 1 N–H and O–H groups in total. The first-order chi connectivity index (χ1) is 11.9. The number of halogens is 3. The van der Waals surface area contributed by atoms with Crippen LogP contribution in [0.2, 0.25) is 0 Å². The summed E-state index contributed by atoms with van der Waals surface area (Å²) in [5.74, 6) is -2.06. The number of anilines is 1. The van der Waals surface area contributed by atoms with Crippen LogP contribution in [0.4, 0.5) is 18.9 Å². The zero-order chi connectivity index (χ0) is 18.3. The number of para-hydroxylation sites is 1. The Hall–Kier alpha value is -1.72. The molecule has 1 fully saturated rings.